The number of rotatable bonds is 26. The van der Waals surface area contributed by atoms with Gasteiger partial charge in [0, 0.05) is 31.4 Å². The molecule has 248 valence electrons. The fourth-order valence-corrected chi connectivity index (χ4v) is 5.91. The van der Waals surface area contributed by atoms with Gasteiger partial charge in [-0.15, -0.1) is 0 Å². The van der Waals surface area contributed by atoms with Gasteiger partial charge >= 0.3 is 11.9 Å². The van der Waals surface area contributed by atoms with Gasteiger partial charge in [-0.1, -0.05) is 118 Å². The molecule has 7 heteroatoms. The van der Waals surface area contributed by atoms with Crippen molar-refractivity contribution in [2.75, 3.05) is 19.8 Å². The van der Waals surface area contributed by atoms with Crippen molar-refractivity contribution >= 4 is 11.9 Å². The molecule has 2 unspecified atom stereocenters. The Morgan fingerprint density at radius 2 is 1.14 bits per heavy atom. The topological polar surface area (TPSA) is 85.3 Å². The molecule has 0 bridgehead atoms. The maximum Gasteiger partial charge on any atom is 0.306 e. The first-order chi connectivity index (χ1) is 20.1. The molecule has 0 aromatic carbocycles. The number of ether oxygens (including phenoxy) is 2. The quantitative estimate of drug-likeness (QED) is 0.0785. The molecule has 2 atom stereocenters. The predicted molar refractivity (Wildman–Crippen MR) is 171 cm³/mol. The first kappa shape index (κ1) is 38.8. The van der Waals surface area contributed by atoms with E-state index < -0.39 is 11.5 Å². The van der Waals surface area contributed by atoms with E-state index in [1.807, 2.05) is 0 Å². The number of carbonyl (C=O) groups excluding carboxylic acids is 1. The Kier molecular flexibility index (Phi) is 20.7. The van der Waals surface area contributed by atoms with Gasteiger partial charge < -0.3 is 14.6 Å². The van der Waals surface area contributed by atoms with Crippen LogP contribution in [0.1, 0.15) is 170 Å². The first-order valence-corrected chi connectivity index (χ1v) is 17.5. The standard InChI is InChI=1S/C35H67NO6/c1-7-9-11-13-19-23-27-40-33-32(42-31(39)26-22-18-16-15-17-21-25-30(37)38)34(3,4)29-36(35(33,5)6)41-28-24-20-14-12-10-8-2/h32-33H,7-29H2,1-6H3,(H,37,38). The van der Waals surface area contributed by atoms with Crippen LogP contribution in [0.2, 0.25) is 0 Å². The van der Waals surface area contributed by atoms with Gasteiger partial charge in [-0.05, 0) is 39.5 Å². The van der Waals surface area contributed by atoms with Crippen LogP contribution in [0.3, 0.4) is 0 Å². The monoisotopic (exact) mass is 597 g/mol. The van der Waals surface area contributed by atoms with Crippen molar-refractivity contribution in [2.24, 2.45) is 5.41 Å². The maximum absolute atomic E-state index is 13.1. The minimum atomic E-state index is -0.728. The number of hydrogen-bond acceptors (Lipinski definition) is 6. The number of nitrogens with zero attached hydrogens (tertiary/aromatic N) is 1. The van der Waals surface area contributed by atoms with Crippen molar-refractivity contribution in [3.05, 3.63) is 0 Å². The molecule has 1 rings (SSSR count). The van der Waals surface area contributed by atoms with E-state index in [1.165, 1.54) is 57.8 Å². The van der Waals surface area contributed by atoms with Gasteiger partial charge in [0.15, 0.2) is 0 Å². The highest BCUT2D eigenvalue weighted by molar-refractivity contribution is 5.69. The smallest absolute Gasteiger partial charge is 0.306 e. The molecule has 0 aromatic heterocycles. The number of hydroxylamine groups is 2. The summed E-state index contributed by atoms with van der Waals surface area (Å²) in [6, 6.07) is 0. The van der Waals surface area contributed by atoms with Gasteiger partial charge in [0.1, 0.15) is 12.2 Å². The number of piperidine rings is 1. The molecule has 1 aliphatic rings. The van der Waals surface area contributed by atoms with E-state index >= 15 is 0 Å². The van der Waals surface area contributed by atoms with Crippen LogP contribution in [0, 0.1) is 5.41 Å². The van der Waals surface area contributed by atoms with Crippen molar-refractivity contribution in [3.63, 3.8) is 0 Å². The third-order valence-electron chi connectivity index (χ3n) is 8.76. The summed E-state index contributed by atoms with van der Waals surface area (Å²) in [5, 5.41) is 10.9. The third-order valence-corrected chi connectivity index (χ3v) is 8.76. The van der Waals surface area contributed by atoms with Crippen LogP contribution in [-0.2, 0) is 23.9 Å². The lowest BCUT2D eigenvalue weighted by Crippen LogP contribution is -2.69. The summed E-state index contributed by atoms with van der Waals surface area (Å²) in [6.45, 7) is 15.2. The highest BCUT2D eigenvalue weighted by Gasteiger charge is 2.55. The molecular formula is C35H67NO6. The van der Waals surface area contributed by atoms with Crippen molar-refractivity contribution < 1.29 is 29.0 Å². The number of hydrogen-bond donors (Lipinski definition) is 1. The Balaban J connectivity index is 2.71. The summed E-state index contributed by atoms with van der Waals surface area (Å²) in [5.41, 5.74) is -0.747. The lowest BCUT2D eigenvalue weighted by Gasteiger charge is -2.55. The fraction of sp³-hybridized carbons (Fsp3) is 0.943. The highest BCUT2D eigenvalue weighted by atomic mass is 16.7. The Morgan fingerprint density at radius 1 is 0.667 bits per heavy atom. The van der Waals surface area contributed by atoms with Crippen LogP contribution in [0.25, 0.3) is 0 Å². The van der Waals surface area contributed by atoms with E-state index in [0.717, 1.165) is 57.8 Å². The van der Waals surface area contributed by atoms with Crippen molar-refractivity contribution in [1.29, 1.82) is 0 Å². The van der Waals surface area contributed by atoms with E-state index in [4.69, 9.17) is 19.4 Å². The van der Waals surface area contributed by atoms with E-state index in [0.29, 0.717) is 26.2 Å². The number of unbranched alkanes of at least 4 members (excludes halogenated alkanes) is 15. The summed E-state index contributed by atoms with van der Waals surface area (Å²) >= 11 is 0. The summed E-state index contributed by atoms with van der Waals surface area (Å²) in [5.74, 6) is -0.877. The molecule has 0 aromatic rings. The number of carboxylic acid groups (broad SMARTS) is 1. The number of carboxylic acids is 1. The summed E-state index contributed by atoms with van der Waals surface area (Å²) in [7, 11) is 0. The van der Waals surface area contributed by atoms with Crippen LogP contribution in [-0.4, -0.2) is 59.6 Å². The van der Waals surface area contributed by atoms with Crippen LogP contribution >= 0.6 is 0 Å². The number of carbonyl (C=O) groups is 2. The summed E-state index contributed by atoms with van der Waals surface area (Å²) in [4.78, 5) is 30.1. The molecule has 7 nitrogen and oxygen atoms in total. The zero-order valence-corrected chi connectivity index (χ0v) is 28.4. The van der Waals surface area contributed by atoms with Gasteiger partial charge in [-0.3, -0.25) is 14.4 Å². The third kappa shape index (κ3) is 16.0. The van der Waals surface area contributed by atoms with Crippen LogP contribution in [0.15, 0.2) is 0 Å². The molecule has 1 aliphatic heterocycles. The minimum Gasteiger partial charge on any atom is -0.481 e. The van der Waals surface area contributed by atoms with Gasteiger partial charge in [0.2, 0.25) is 0 Å². The molecule has 42 heavy (non-hydrogen) atoms. The molecule has 0 radical (unpaired) electrons. The molecular weight excluding hydrogens is 530 g/mol. The van der Waals surface area contributed by atoms with Crippen LogP contribution in [0.5, 0.6) is 0 Å². The van der Waals surface area contributed by atoms with Gasteiger partial charge in [0.05, 0.1) is 12.1 Å². The predicted octanol–water partition coefficient (Wildman–Crippen LogP) is 9.26. The van der Waals surface area contributed by atoms with Crippen molar-refractivity contribution in [1.82, 2.24) is 5.06 Å². The van der Waals surface area contributed by atoms with Crippen LogP contribution in [0.4, 0.5) is 0 Å². The van der Waals surface area contributed by atoms with Gasteiger partial charge in [-0.2, -0.15) is 5.06 Å². The Bertz CT molecular complexity index is 710. The number of aliphatic carboxylic acids is 1. The summed E-state index contributed by atoms with van der Waals surface area (Å²) < 4.78 is 12.9. The first-order valence-electron chi connectivity index (χ1n) is 17.5. The van der Waals surface area contributed by atoms with Crippen molar-refractivity contribution in [3.8, 4) is 0 Å². The van der Waals surface area contributed by atoms with E-state index in [1.54, 1.807) is 0 Å². The molecule has 0 aliphatic carbocycles. The van der Waals surface area contributed by atoms with Crippen LogP contribution < -0.4 is 0 Å². The molecule has 0 amide bonds. The second kappa shape index (κ2) is 22.3. The lowest BCUT2D eigenvalue weighted by molar-refractivity contribution is -0.306. The molecule has 0 spiro atoms. The average Bonchev–Trinajstić information content (AvgIpc) is 2.92. The second-order valence-electron chi connectivity index (χ2n) is 13.8. The largest absolute Gasteiger partial charge is 0.481 e. The second-order valence-corrected chi connectivity index (χ2v) is 13.8. The maximum atomic E-state index is 13.1. The Labute approximate surface area is 258 Å². The molecule has 1 heterocycles. The normalized spacial score (nSPS) is 20.0. The highest BCUT2D eigenvalue weighted by Crippen LogP contribution is 2.42. The summed E-state index contributed by atoms with van der Waals surface area (Å²) in [6.07, 6.45) is 20.1. The minimum absolute atomic E-state index is 0.149. The van der Waals surface area contributed by atoms with E-state index in [-0.39, 0.29) is 30.0 Å². The van der Waals surface area contributed by atoms with E-state index in [9.17, 15) is 9.59 Å². The molecule has 1 N–H and O–H groups in total. The molecule has 1 saturated heterocycles. The van der Waals surface area contributed by atoms with Crippen molar-refractivity contribution in [2.45, 2.75) is 188 Å². The average molecular weight is 598 g/mol. The fourth-order valence-electron chi connectivity index (χ4n) is 5.91. The molecule has 0 saturated carbocycles. The zero-order valence-electron chi connectivity index (χ0n) is 28.4. The Hall–Kier alpha value is -1.18. The lowest BCUT2D eigenvalue weighted by atomic mass is 9.72. The molecule has 1 fully saturated rings. The van der Waals surface area contributed by atoms with Gasteiger partial charge in [0.25, 0.3) is 0 Å². The SMILES string of the molecule is CCCCCCCCOC1C(OC(=O)CCCCCCCCC(=O)O)C(C)(C)CN(OCCCCCCCC)C1(C)C. The number of esters is 1. The van der Waals surface area contributed by atoms with Gasteiger partial charge in [-0.25, -0.2) is 0 Å². The zero-order chi connectivity index (χ0) is 31.3. The Morgan fingerprint density at radius 3 is 1.69 bits per heavy atom. The van der Waals surface area contributed by atoms with E-state index in [2.05, 4.69) is 46.6 Å².